The van der Waals surface area contributed by atoms with Gasteiger partial charge in [0.15, 0.2) is 11.5 Å². The summed E-state index contributed by atoms with van der Waals surface area (Å²) in [5.41, 5.74) is 3.52. The molecule has 1 unspecified atom stereocenters. The van der Waals surface area contributed by atoms with Gasteiger partial charge < -0.3 is 19.3 Å². The maximum absolute atomic E-state index is 13.0. The molecule has 2 heterocycles. The third-order valence-corrected chi connectivity index (χ3v) is 6.39. The van der Waals surface area contributed by atoms with Crippen LogP contribution in [0, 0.1) is 12.3 Å². The number of methoxy groups -OCH3 is 2. The van der Waals surface area contributed by atoms with Crippen LogP contribution in [0.25, 0.3) is 10.9 Å². The Kier molecular flexibility index (Phi) is 6.26. The zero-order chi connectivity index (χ0) is 23.7. The molecule has 1 aliphatic rings. The van der Waals surface area contributed by atoms with Gasteiger partial charge in [-0.2, -0.15) is 0 Å². The zero-order valence-corrected chi connectivity index (χ0v) is 19.9. The molecule has 0 radical (unpaired) electrons. The van der Waals surface area contributed by atoms with Gasteiger partial charge in [-0.05, 0) is 24.5 Å². The number of likely N-dealkylation sites (N-methyl/N-ethyl adjacent to an activating group) is 1. The number of aryl methyl sites for hydroxylation is 1. The number of H-pyrrole nitrogens is 1. The summed E-state index contributed by atoms with van der Waals surface area (Å²) in [6.07, 6.45) is 1.59. The number of anilines is 1. The van der Waals surface area contributed by atoms with Crippen LogP contribution in [-0.4, -0.2) is 62.1 Å². The molecule has 1 fully saturated rings. The predicted molar refractivity (Wildman–Crippen MR) is 131 cm³/mol. The number of nitrogens with zero attached hydrogens (tertiary/aromatic N) is 3. The van der Waals surface area contributed by atoms with Crippen molar-refractivity contribution in [2.45, 2.75) is 25.7 Å². The fourth-order valence-corrected chi connectivity index (χ4v) is 4.52. The molecule has 1 aromatic heterocycles. The molecule has 1 saturated heterocycles. The molecule has 1 aliphatic heterocycles. The molecule has 174 valence electrons. The van der Waals surface area contributed by atoms with E-state index in [1.807, 2.05) is 25.9 Å². The van der Waals surface area contributed by atoms with E-state index in [0.29, 0.717) is 52.1 Å². The Morgan fingerprint density at radius 1 is 1.27 bits per heavy atom. The van der Waals surface area contributed by atoms with Crippen LogP contribution >= 0.6 is 0 Å². The zero-order valence-electron chi connectivity index (χ0n) is 19.9. The number of nitrogens with one attached hydrogen (secondary N) is 2. The van der Waals surface area contributed by atoms with Crippen molar-refractivity contribution in [1.29, 1.82) is 5.41 Å². The Morgan fingerprint density at radius 3 is 2.76 bits per heavy atom. The van der Waals surface area contributed by atoms with Gasteiger partial charge in [-0.15, -0.1) is 0 Å². The van der Waals surface area contributed by atoms with Crippen LogP contribution in [0.2, 0.25) is 0 Å². The van der Waals surface area contributed by atoms with Crippen LogP contribution in [0.4, 0.5) is 5.95 Å². The first-order valence-electron chi connectivity index (χ1n) is 11.1. The number of rotatable bonds is 6. The van der Waals surface area contributed by atoms with Gasteiger partial charge >= 0.3 is 0 Å². The fourth-order valence-electron chi connectivity index (χ4n) is 4.52. The summed E-state index contributed by atoms with van der Waals surface area (Å²) in [7, 11) is 6.93. The molecule has 3 aromatic rings. The van der Waals surface area contributed by atoms with Gasteiger partial charge in [0.2, 0.25) is 5.95 Å². The van der Waals surface area contributed by atoms with Crippen molar-refractivity contribution >= 4 is 22.7 Å². The van der Waals surface area contributed by atoms with Gasteiger partial charge in [-0.3, -0.25) is 15.2 Å². The smallest absolute Gasteiger partial charge is 0.260 e. The molecule has 2 aromatic carbocycles. The second-order valence-electron chi connectivity index (χ2n) is 8.72. The summed E-state index contributed by atoms with van der Waals surface area (Å²) in [6.45, 7) is 3.42. The van der Waals surface area contributed by atoms with Crippen LogP contribution in [0.5, 0.6) is 11.5 Å². The molecule has 0 bridgehead atoms. The van der Waals surface area contributed by atoms with E-state index in [9.17, 15) is 4.79 Å². The monoisotopic (exact) mass is 449 g/mol. The summed E-state index contributed by atoms with van der Waals surface area (Å²) in [4.78, 5) is 24.7. The van der Waals surface area contributed by atoms with Crippen molar-refractivity contribution in [3.05, 3.63) is 57.4 Å². The lowest BCUT2D eigenvalue weighted by atomic mass is 9.96. The van der Waals surface area contributed by atoms with Gasteiger partial charge in [-0.25, -0.2) is 4.98 Å². The lowest BCUT2D eigenvalue weighted by Gasteiger charge is -2.19. The molecule has 0 spiro atoms. The average Bonchev–Trinajstić information content (AvgIpc) is 3.29. The van der Waals surface area contributed by atoms with Crippen molar-refractivity contribution in [1.82, 2.24) is 14.9 Å². The number of ether oxygens (including phenoxy) is 2. The standard InChI is InChI=1S/C25H31N5O3/c1-15-22-19(13-20(32-4)23(15)33-5)27-25(28-24(22)31)30-10-9-18(14-30)17-8-6-7-16(11-17)12-21(26)29(2)3/h6-8,11,13,18,26H,9-10,12,14H2,1-5H3,(H,27,28,31). The Balaban J connectivity index is 1.60. The normalized spacial score (nSPS) is 15.7. The number of hydrogen-bond donors (Lipinski definition) is 2. The lowest BCUT2D eigenvalue weighted by molar-refractivity contribution is 0.354. The minimum Gasteiger partial charge on any atom is -0.493 e. The maximum atomic E-state index is 13.0. The van der Waals surface area contributed by atoms with Crippen LogP contribution in [-0.2, 0) is 6.42 Å². The average molecular weight is 450 g/mol. The van der Waals surface area contributed by atoms with Crippen LogP contribution in [0.15, 0.2) is 35.1 Å². The fraction of sp³-hybridized carbons (Fsp3) is 0.400. The summed E-state index contributed by atoms with van der Waals surface area (Å²) in [5.74, 6) is 2.61. The SMILES string of the molecule is COc1cc2nc(N3CCC(c4cccc(CC(=N)N(C)C)c4)C3)[nH]c(=O)c2c(C)c1OC. The molecule has 8 nitrogen and oxygen atoms in total. The molecular weight excluding hydrogens is 418 g/mol. The third-order valence-electron chi connectivity index (χ3n) is 6.39. The van der Waals surface area contributed by atoms with Crippen molar-refractivity contribution in [3.8, 4) is 11.5 Å². The Bertz CT molecular complexity index is 1250. The minimum atomic E-state index is -0.180. The minimum absolute atomic E-state index is 0.180. The van der Waals surface area contributed by atoms with Gasteiger partial charge in [0.25, 0.3) is 5.56 Å². The van der Waals surface area contributed by atoms with Crippen molar-refractivity contribution < 1.29 is 9.47 Å². The summed E-state index contributed by atoms with van der Waals surface area (Å²) in [5, 5.41) is 8.64. The maximum Gasteiger partial charge on any atom is 0.260 e. The summed E-state index contributed by atoms with van der Waals surface area (Å²) >= 11 is 0. The Morgan fingerprint density at radius 2 is 2.06 bits per heavy atom. The molecular formula is C25H31N5O3. The van der Waals surface area contributed by atoms with E-state index in [4.69, 9.17) is 19.9 Å². The summed E-state index contributed by atoms with van der Waals surface area (Å²) < 4.78 is 10.9. The van der Waals surface area contributed by atoms with Gasteiger partial charge in [0.05, 0.1) is 31.0 Å². The van der Waals surface area contributed by atoms with Crippen LogP contribution in [0.1, 0.15) is 29.0 Å². The first kappa shape index (κ1) is 22.6. The molecule has 0 aliphatic carbocycles. The number of aromatic amines is 1. The number of aromatic nitrogens is 2. The van der Waals surface area contributed by atoms with E-state index in [-0.39, 0.29) is 5.56 Å². The molecule has 8 heteroatoms. The van der Waals surface area contributed by atoms with Crippen molar-refractivity contribution in [3.63, 3.8) is 0 Å². The van der Waals surface area contributed by atoms with E-state index in [1.54, 1.807) is 20.3 Å². The van der Waals surface area contributed by atoms with E-state index in [2.05, 4.69) is 34.1 Å². The number of benzene rings is 2. The quantitative estimate of drug-likeness (QED) is 0.443. The van der Waals surface area contributed by atoms with Crippen molar-refractivity contribution in [2.24, 2.45) is 0 Å². The molecule has 0 saturated carbocycles. The van der Waals surface area contributed by atoms with Gasteiger partial charge in [0, 0.05) is 51.2 Å². The van der Waals surface area contributed by atoms with Crippen LogP contribution in [0.3, 0.4) is 0 Å². The van der Waals surface area contributed by atoms with E-state index in [0.717, 1.165) is 25.1 Å². The highest BCUT2D eigenvalue weighted by Crippen LogP contribution is 2.36. The lowest BCUT2D eigenvalue weighted by Crippen LogP contribution is -2.25. The van der Waals surface area contributed by atoms with Gasteiger partial charge in [-0.1, -0.05) is 24.3 Å². The second kappa shape index (κ2) is 9.13. The highest BCUT2D eigenvalue weighted by Gasteiger charge is 2.27. The highest BCUT2D eigenvalue weighted by atomic mass is 16.5. The van der Waals surface area contributed by atoms with E-state index >= 15 is 0 Å². The van der Waals surface area contributed by atoms with Crippen molar-refractivity contribution in [2.75, 3.05) is 46.3 Å². The topological polar surface area (TPSA) is 94.5 Å². The Labute approximate surface area is 193 Å². The predicted octanol–water partition coefficient (Wildman–Crippen LogP) is 3.32. The second-order valence-corrected chi connectivity index (χ2v) is 8.72. The van der Waals surface area contributed by atoms with E-state index < -0.39 is 0 Å². The number of fused-ring (bicyclic) bond motifs is 1. The largest absolute Gasteiger partial charge is 0.493 e. The summed E-state index contributed by atoms with van der Waals surface area (Å²) in [6, 6.07) is 10.2. The van der Waals surface area contributed by atoms with Crippen LogP contribution < -0.4 is 19.9 Å². The molecule has 0 amide bonds. The highest BCUT2D eigenvalue weighted by molar-refractivity contribution is 5.87. The molecule has 33 heavy (non-hydrogen) atoms. The number of hydrogen-bond acceptors (Lipinski definition) is 6. The van der Waals surface area contributed by atoms with Gasteiger partial charge in [0.1, 0.15) is 0 Å². The number of amidine groups is 1. The first-order valence-corrected chi connectivity index (χ1v) is 11.1. The Hall–Kier alpha value is -3.55. The molecule has 1 atom stereocenters. The van der Waals surface area contributed by atoms with E-state index in [1.165, 1.54) is 5.56 Å². The third kappa shape index (κ3) is 4.37. The first-order chi connectivity index (χ1) is 15.8. The molecule has 2 N–H and O–H groups in total. The molecule has 4 rings (SSSR count).